The van der Waals surface area contributed by atoms with Gasteiger partial charge < -0.3 is 14.4 Å². The Morgan fingerprint density at radius 3 is 2.24 bits per heavy atom. The molecule has 37 heavy (non-hydrogen) atoms. The van der Waals surface area contributed by atoms with Crippen molar-refractivity contribution in [2.24, 2.45) is 0 Å². The fraction of sp³-hybridized carbons (Fsp3) is 0.167. The van der Waals surface area contributed by atoms with Gasteiger partial charge in [0.1, 0.15) is 12.4 Å². The molecule has 5 aromatic rings. The zero-order valence-corrected chi connectivity index (χ0v) is 21.1. The quantitative estimate of drug-likeness (QED) is 0.240. The van der Waals surface area contributed by atoms with Crippen LogP contribution in [-0.4, -0.2) is 25.6 Å². The Kier molecular flexibility index (Phi) is 8.54. The van der Waals surface area contributed by atoms with Gasteiger partial charge in [0, 0.05) is 41.8 Å². The first-order chi connectivity index (χ1) is 17.7. The van der Waals surface area contributed by atoms with Crippen molar-refractivity contribution in [3.63, 3.8) is 0 Å². The number of hydrogen-bond donors (Lipinski definition) is 1. The number of nitrogens with zero attached hydrogens (tertiary/aromatic N) is 3. The normalized spacial score (nSPS) is 10.7. The van der Waals surface area contributed by atoms with Gasteiger partial charge in [-0.15, -0.1) is 12.4 Å². The number of carboxylic acid groups (broad SMARTS) is 1. The number of hydrogen-bond acceptors (Lipinski definition) is 4. The number of aryl methyl sites for hydroxylation is 3. The van der Waals surface area contributed by atoms with Crippen LogP contribution in [0.25, 0.3) is 16.6 Å². The van der Waals surface area contributed by atoms with E-state index in [-0.39, 0.29) is 18.8 Å². The van der Waals surface area contributed by atoms with Crippen molar-refractivity contribution in [1.82, 2.24) is 14.5 Å². The van der Waals surface area contributed by atoms with Crippen molar-refractivity contribution >= 4 is 29.3 Å². The lowest BCUT2D eigenvalue weighted by molar-refractivity contribution is -0.136. The molecule has 0 unspecified atom stereocenters. The Balaban J connectivity index is 0.00000320. The molecule has 0 fully saturated rings. The number of carboxylic acids is 1. The summed E-state index contributed by atoms with van der Waals surface area (Å²) in [5.41, 5.74) is 6.30. The number of pyridine rings is 2. The van der Waals surface area contributed by atoms with Crippen molar-refractivity contribution in [3.05, 3.63) is 120 Å². The van der Waals surface area contributed by atoms with E-state index < -0.39 is 5.97 Å². The summed E-state index contributed by atoms with van der Waals surface area (Å²) in [6.07, 6.45) is 8.07. The molecule has 0 saturated heterocycles. The molecule has 0 bridgehead atoms. The molecule has 0 amide bonds. The van der Waals surface area contributed by atoms with E-state index in [0.29, 0.717) is 13.0 Å². The molecule has 3 heterocycles. The fourth-order valence-corrected chi connectivity index (χ4v) is 4.32. The number of rotatable bonds is 10. The summed E-state index contributed by atoms with van der Waals surface area (Å²) in [7, 11) is 0. The van der Waals surface area contributed by atoms with Gasteiger partial charge in [-0.1, -0.05) is 18.2 Å². The average Bonchev–Trinajstić information content (AvgIpc) is 3.29. The first kappa shape index (κ1) is 25.9. The molecule has 0 spiro atoms. The van der Waals surface area contributed by atoms with Crippen LogP contribution in [0, 0.1) is 0 Å². The Morgan fingerprint density at radius 1 is 0.838 bits per heavy atom. The van der Waals surface area contributed by atoms with Gasteiger partial charge in [-0.3, -0.25) is 14.8 Å². The van der Waals surface area contributed by atoms with Crippen LogP contribution >= 0.6 is 12.4 Å². The van der Waals surface area contributed by atoms with Crippen LogP contribution in [-0.2, 0) is 30.7 Å². The first-order valence-electron chi connectivity index (χ1n) is 12.0. The number of carbonyl (C=O) groups is 1. The van der Waals surface area contributed by atoms with Crippen molar-refractivity contribution in [2.75, 3.05) is 0 Å². The SMILES string of the molecule is Cl.O=C(O)CCc1ccc2c(c1)c(CCc1ccccn1)cn2-c1ccc(OCc2ccccn2)cc1. The summed E-state index contributed by atoms with van der Waals surface area (Å²) in [4.78, 5) is 19.8. The highest BCUT2D eigenvalue weighted by Crippen LogP contribution is 2.28. The molecule has 5 rings (SSSR count). The third-order valence-corrected chi connectivity index (χ3v) is 6.18. The van der Waals surface area contributed by atoms with E-state index in [2.05, 4.69) is 32.9 Å². The molecule has 0 aliphatic heterocycles. The van der Waals surface area contributed by atoms with E-state index in [4.69, 9.17) is 9.84 Å². The second kappa shape index (κ2) is 12.2. The van der Waals surface area contributed by atoms with E-state index in [1.807, 2.05) is 72.9 Å². The molecule has 0 radical (unpaired) electrons. The van der Waals surface area contributed by atoms with Crippen LogP contribution in [0.5, 0.6) is 5.75 Å². The lowest BCUT2D eigenvalue weighted by Gasteiger charge is -2.09. The van der Waals surface area contributed by atoms with Crippen LogP contribution in [0.1, 0.15) is 28.9 Å². The summed E-state index contributed by atoms with van der Waals surface area (Å²) in [5, 5.41) is 10.2. The van der Waals surface area contributed by atoms with E-state index >= 15 is 0 Å². The molecule has 0 aliphatic carbocycles. The molecular formula is C30H28ClN3O3. The molecule has 0 atom stereocenters. The maximum Gasteiger partial charge on any atom is 0.303 e. The lowest BCUT2D eigenvalue weighted by Crippen LogP contribution is -1.98. The Labute approximate surface area is 222 Å². The van der Waals surface area contributed by atoms with Crippen LogP contribution in [0.15, 0.2) is 97.5 Å². The van der Waals surface area contributed by atoms with Gasteiger partial charge in [-0.25, -0.2) is 0 Å². The summed E-state index contributed by atoms with van der Waals surface area (Å²) in [6, 6.07) is 26.0. The van der Waals surface area contributed by atoms with E-state index in [0.717, 1.165) is 52.1 Å². The molecule has 1 N–H and O–H groups in total. The van der Waals surface area contributed by atoms with Gasteiger partial charge in [-0.2, -0.15) is 0 Å². The Morgan fingerprint density at radius 2 is 1.57 bits per heavy atom. The maximum absolute atomic E-state index is 11.1. The molecule has 6 nitrogen and oxygen atoms in total. The summed E-state index contributed by atoms with van der Waals surface area (Å²) < 4.78 is 8.09. The fourth-order valence-electron chi connectivity index (χ4n) is 4.32. The zero-order valence-electron chi connectivity index (χ0n) is 20.3. The van der Waals surface area contributed by atoms with Gasteiger partial charge in [0.15, 0.2) is 0 Å². The largest absolute Gasteiger partial charge is 0.487 e. The predicted octanol–water partition coefficient (Wildman–Crippen LogP) is 6.22. The van der Waals surface area contributed by atoms with Gasteiger partial charge in [0.05, 0.1) is 11.2 Å². The van der Waals surface area contributed by atoms with Gasteiger partial charge >= 0.3 is 5.97 Å². The van der Waals surface area contributed by atoms with Crippen molar-refractivity contribution in [1.29, 1.82) is 0 Å². The van der Waals surface area contributed by atoms with Crippen LogP contribution in [0.3, 0.4) is 0 Å². The van der Waals surface area contributed by atoms with Gasteiger partial charge in [0.2, 0.25) is 0 Å². The van der Waals surface area contributed by atoms with Gasteiger partial charge in [-0.05, 0) is 91.1 Å². The number of ether oxygens (including phenoxy) is 1. The van der Waals surface area contributed by atoms with Crippen molar-refractivity contribution < 1.29 is 14.6 Å². The van der Waals surface area contributed by atoms with Crippen LogP contribution in [0.2, 0.25) is 0 Å². The van der Waals surface area contributed by atoms with E-state index in [9.17, 15) is 4.79 Å². The standard InChI is InChI=1S/C30H27N3O3.ClH/c34-30(35)16-8-22-7-15-29-28(19-22)23(9-10-24-5-1-3-17-31-24)20-33(29)26-11-13-27(14-12-26)36-21-25-6-2-4-18-32-25;/h1-7,11-15,17-20H,8-10,16,21H2,(H,34,35);1H. The molecule has 0 saturated carbocycles. The van der Waals surface area contributed by atoms with E-state index in [1.54, 1.807) is 6.20 Å². The van der Waals surface area contributed by atoms with Crippen LogP contribution in [0.4, 0.5) is 0 Å². The number of benzene rings is 2. The van der Waals surface area contributed by atoms with Crippen molar-refractivity contribution in [2.45, 2.75) is 32.3 Å². The third kappa shape index (κ3) is 6.54. The van der Waals surface area contributed by atoms with E-state index in [1.165, 1.54) is 5.56 Å². The molecule has 2 aromatic carbocycles. The third-order valence-electron chi connectivity index (χ3n) is 6.18. The maximum atomic E-state index is 11.1. The highest BCUT2D eigenvalue weighted by atomic mass is 35.5. The number of fused-ring (bicyclic) bond motifs is 1. The average molecular weight is 514 g/mol. The molecular weight excluding hydrogens is 486 g/mol. The summed E-state index contributed by atoms with van der Waals surface area (Å²) >= 11 is 0. The predicted molar refractivity (Wildman–Crippen MR) is 147 cm³/mol. The van der Waals surface area contributed by atoms with Crippen molar-refractivity contribution in [3.8, 4) is 11.4 Å². The molecule has 188 valence electrons. The number of halogens is 1. The van der Waals surface area contributed by atoms with Gasteiger partial charge in [0.25, 0.3) is 0 Å². The molecule has 3 aromatic heterocycles. The highest BCUT2D eigenvalue weighted by Gasteiger charge is 2.12. The topological polar surface area (TPSA) is 77.2 Å². The minimum atomic E-state index is -0.784. The molecule has 7 heteroatoms. The highest BCUT2D eigenvalue weighted by molar-refractivity contribution is 5.86. The minimum absolute atomic E-state index is 0. The first-order valence-corrected chi connectivity index (χ1v) is 12.0. The second-order valence-corrected chi connectivity index (χ2v) is 8.69. The lowest BCUT2D eigenvalue weighted by atomic mass is 10.0. The monoisotopic (exact) mass is 513 g/mol. The number of aromatic nitrogens is 3. The number of aliphatic carboxylic acids is 1. The smallest absolute Gasteiger partial charge is 0.303 e. The van der Waals surface area contributed by atoms with Crippen LogP contribution < -0.4 is 4.74 Å². The summed E-state index contributed by atoms with van der Waals surface area (Å²) in [6.45, 7) is 0.420. The minimum Gasteiger partial charge on any atom is -0.487 e. The zero-order chi connectivity index (χ0) is 24.7. The summed E-state index contributed by atoms with van der Waals surface area (Å²) in [5.74, 6) is 0.000550. The molecule has 0 aliphatic rings. The Hall–Kier alpha value is -4.16. The second-order valence-electron chi connectivity index (χ2n) is 8.69. The Bertz CT molecular complexity index is 1450.